The van der Waals surface area contributed by atoms with E-state index in [0.717, 1.165) is 6.92 Å². The molecule has 0 spiro atoms. The van der Waals surface area contributed by atoms with Crippen LogP contribution in [0, 0.1) is 0 Å². The SMILES string of the molecule is CC(=O)C(=O)O.[CaH2]. The first-order chi connectivity index (χ1) is 2.64. The number of aliphatic carboxylic acids is 1. The molecular formula is C3H6CaO3. The summed E-state index contributed by atoms with van der Waals surface area (Å²) in [5, 5.41) is 7.64. The fourth-order valence-corrected chi connectivity index (χ4v) is 0. The molecule has 0 saturated heterocycles. The van der Waals surface area contributed by atoms with Crippen molar-refractivity contribution < 1.29 is 14.7 Å². The van der Waals surface area contributed by atoms with E-state index in [4.69, 9.17) is 5.11 Å². The minimum atomic E-state index is -1.38. The molecule has 0 saturated carbocycles. The Morgan fingerprint density at radius 2 is 1.57 bits per heavy atom. The number of ketones is 1. The molecule has 0 aliphatic rings. The molecule has 0 radical (unpaired) electrons. The van der Waals surface area contributed by atoms with E-state index in [1.54, 1.807) is 0 Å². The summed E-state index contributed by atoms with van der Waals surface area (Å²) in [6.45, 7) is 1.00. The van der Waals surface area contributed by atoms with Gasteiger partial charge in [0, 0.05) is 6.92 Å². The number of carbonyl (C=O) groups is 2. The Morgan fingerprint density at radius 1 is 1.43 bits per heavy atom. The summed E-state index contributed by atoms with van der Waals surface area (Å²) in [5.74, 6) is -2.20. The van der Waals surface area contributed by atoms with Gasteiger partial charge in [-0.2, -0.15) is 0 Å². The van der Waals surface area contributed by atoms with Crippen LogP contribution < -0.4 is 0 Å². The normalized spacial score (nSPS) is 6.43. The van der Waals surface area contributed by atoms with Gasteiger partial charge in [-0.1, -0.05) is 0 Å². The molecule has 0 amide bonds. The second kappa shape index (κ2) is 4.56. The summed E-state index contributed by atoms with van der Waals surface area (Å²) in [6, 6.07) is 0. The Hall–Kier alpha value is 0.400. The molecule has 0 aliphatic carbocycles. The second-order valence-corrected chi connectivity index (χ2v) is 0.861. The molecule has 0 atom stereocenters. The number of carbonyl (C=O) groups excluding carboxylic acids is 1. The van der Waals surface area contributed by atoms with Gasteiger partial charge in [-0.05, 0) is 0 Å². The van der Waals surface area contributed by atoms with E-state index in [9.17, 15) is 9.59 Å². The van der Waals surface area contributed by atoms with Crippen molar-refractivity contribution in [2.45, 2.75) is 6.92 Å². The van der Waals surface area contributed by atoms with Gasteiger partial charge in [-0.3, -0.25) is 4.79 Å². The Bertz CT molecular complexity index is 76.2. The van der Waals surface area contributed by atoms with E-state index in [1.807, 2.05) is 0 Å². The van der Waals surface area contributed by atoms with Crippen molar-refractivity contribution >= 4 is 49.5 Å². The van der Waals surface area contributed by atoms with Crippen LogP contribution in [0.1, 0.15) is 6.92 Å². The summed E-state index contributed by atoms with van der Waals surface area (Å²) in [6.07, 6.45) is 0. The van der Waals surface area contributed by atoms with Gasteiger partial charge in [0.05, 0.1) is 0 Å². The number of hydrogen-bond acceptors (Lipinski definition) is 2. The molecule has 4 heteroatoms. The topological polar surface area (TPSA) is 54.4 Å². The van der Waals surface area contributed by atoms with Crippen molar-refractivity contribution in [3.8, 4) is 0 Å². The van der Waals surface area contributed by atoms with E-state index in [1.165, 1.54) is 0 Å². The second-order valence-electron chi connectivity index (χ2n) is 0.861. The van der Waals surface area contributed by atoms with Gasteiger partial charge in [0.25, 0.3) is 0 Å². The molecule has 0 aromatic heterocycles. The summed E-state index contributed by atoms with van der Waals surface area (Å²) < 4.78 is 0. The molecule has 1 N–H and O–H groups in total. The fourth-order valence-electron chi connectivity index (χ4n) is 0. The van der Waals surface area contributed by atoms with Crippen LogP contribution in [0.2, 0.25) is 0 Å². The van der Waals surface area contributed by atoms with Gasteiger partial charge in [-0.15, -0.1) is 0 Å². The number of Topliss-reactive ketones (excluding diaryl/α,β-unsaturated/α-hetero) is 1. The molecule has 0 aliphatic heterocycles. The molecule has 3 nitrogen and oxygen atoms in total. The Balaban J connectivity index is 0. The zero-order chi connectivity index (χ0) is 5.15. The Kier molecular flexibility index (Phi) is 6.77. The fraction of sp³-hybridized carbons (Fsp3) is 0.333. The third-order valence-corrected chi connectivity index (χ3v) is 0.301. The average Bonchev–Trinajstić information content (AvgIpc) is 1.36. The van der Waals surface area contributed by atoms with E-state index in [2.05, 4.69) is 0 Å². The number of hydrogen-bond donors (Lipinski definition) is 1. The van der Waals surface area contributed by atoms with E-state index >= 15 is 0 Å². The first-order valence-corrected chi connectivity index (χ1v) is 1.38. The maximum atomic E-state index is 9.54. The van der Waals surface area contributed by atoms with Gasteiger partial charge < -0.3 is 5.11 Å². The van der Waals surface area contributed by atoms with Crippen LogP contribution in [-0.4, -0.2) is 54.6 Å². The quantitative estimate of drug-likeness (QED) is 0.356. The van der Waals surface area contributed by atoms with Crippen molar-refractivity contribution in [3.05, 3.63) is 0 Å². The van der Waals surface area contributed by atoms with Gasteiger partial charge in [0.15, 0.2) is 0 Å². The van der Waals surface area contributed by atoms with Gasteiger partial charge in [0.1, 0.15) is 0 Å². The van der Waals surface area contributed by atoms with Gasteiger partial charge in [0.2, 0.25) is 5.78 Å². The van der Waals surface area contributed by atoms with Gasteiger partial charge in [-0.25, -0.2) is 4.79 Å². The average molecular weight is 130 g/mol. The molecular weight excluding hydrogens is 124 g/mol. The van der Waals surface area contributed by atoms with Crippen LogP contribution in [0.3, 0.4) is 0 Å². The minimum absolute atomic E-state index is 0. The number of carboxylic acids is 1. The Labute approximate surface area is 70.7 Å². The first kappa shape index (κ1) is 10.4. The van der Waals surface area contributed by atoms with Crippen molar-refractivity contribution in [2.75, 3.05) is 0 Å². The molecule has 38 valence electrons. The van der Waals surface area contributed by atoms with Crippen molar-refractivity contribution in [1.29, 1.82) is 0 Å². The molecule has 0 unspecified atom stereocenters. The van der Waals surface area contributed by atoms with Crippen LogP contribution >= 0.6 is 0 Å². The predicted octanol–water partition coefficient (Wildman–Crippen LogP) is -1.26. The van der Waals surface area contributed by atoms with E-state index < -0.39 is 11.8 Å². The van der Waals surface area contributed by atoms with Crippen LogP contribution in [0.4, 0.5) is 0 Å². The zero-order valence-corrected chi connectivity index (χ0v) is 3.26. The summed E-state index contributed by atoms with van der Waals surface area (Å²) in [4.78, 5) is 18.9. The predicted molar refractivity (Wildman–Crippen MR) is 26.9 cm³/mol. The summed E-state index contributed by atoms with van der Waals surface area (Å²) in [7, 11) is 0. The van der Waals surface area contributed by atoms with Crippen molar-refractivity contribution in [2.24, 2.45) is 0 Å². The third kappa shape index (κ3) is 6.40. The van der Waals surface area contributed by atoms with Crippen LogP contribution in [0.5, 0.6) is 0 Å². The first-order valence-electron chi connectivity index (χ1n) is 1.38. The molecule has 0 aromatic carbocycles. The molecule has 0 heterocycles. The molecule has 7 heavy (non-hydrogen) atoms. The Morgan fingerprint density at radius 3 is 1.57 bits per heavy atom. The van der Waals surface area contributed by atoms with Crippen LogP contribution in [0.25, 0.3) is 0 Å². The van der Waals surface area contributed by atoms with Crippen LogP contribution in [0.15, 0.2) is 0 Å². The third-order valence-electron chi connectivity index (χ3n) is 0.301. The van der Waals surface area contributed by atoms with E-state index in [-0.39, 0.29) is 37.7 Å². The summed E-state index contributed by atoms with van der Waals surface area (Å²) in [5.41, 5.74) is 0. The number of carboxylic acid groups (broad SMARTS) is 1. The van der Waals surface area contributed by atoms with Crippen molar-refractivity contribution in [1.82, 2.24) is 0 Å². The maximum absolute atomic E-state index is 9.54. The molecule has 0 fully saturated rings. The zero-order valence-electron chi connectivity index (χ0n) is 3.26. The van der Waals surface area contributed by atoms with Crippen molar-refractivity contribution in [3.63, 3.8) is 0 Å². The summed E-state index contributed by atoms with van der Waals surface area (Å²) >= 11 is 0. The van der Waals surface area contributed by atoms with Crippen LogP contribution in [-0.2, 0) is 9.59 Å². The standard InChI is InChI=1S/C3H4O3.Ca.2H/c1-2(4)3(5)6;;;/h1H3,(H,5,6);;;. The van der Waals surface area contributed by atoms with Gasteiger partial charge >= 0.3 is 43.7 Å². The van der Waals surface area contributed by atoms with E-state index in [0.29, 0.717) is 0 Å². The molecule has 0 aromatic rings. The number of rotatable bonds is 1. The molecule has 0 rings (SSSR count). The monoisotopic (exact) mass is 130 g/mol. The molecule has 0 bridgehead atoms.